The van der Waals surface area contributed by atoms with E-state index in [9.17, 15) is 4.39 Å². The van der Waals surface area contributed by atoms with E-state index < -0.39 is 0 Å². The molecule has 0 saturated carbocycles. The quantitative estimate of drug-likeness (QED) is 0.354. The molecule has 4 heteroatoms. The zero-order chi connectivity index (χ0) is 20.3. The van der Waals surface area contributed by atoms with Crippen LogP contribution in [0.1, 0.15) is 0 Å². The van der Waals surface area contributed by atoms with Crippen molar-refractivity contribution in [1.29, 1.82) is 0 Å². The second kappa shape index (κ2) is 7.76. The fourth-order valence-electron chi connectivity index (χ4n) is 3.48. The number of hydrogen-bond acceptors (Lipinski definition) is 2. The lowest BCUT2D eigenvalue weighted by molar-refractivity contribution is 0.631. The summed E-state index contributed by atoms with van der Waals surface area (Å²) in [5, 5.41) is 4.80. The van der Waals surface area contributed by atoms with Crippen LogP contribution in [0, 0.1) is 5.82 Å². The average Bonchev–Trinajstić information content (AvgIpc) is 3.26. The van der Waals surface area contributed by atoms with Crippen LogP contribution in [0.2, 0.25) is 0 Å². The Morgan fingerprint density at radius 1 is 0.600 bits per heavy atom. The van der Waals surface area contributed by atoms with Crippen LogP contribution in [0.25, 0.3) is 39.6 Å². The molecular weight excluding hydrogens is 373 g/mol. The number of aromatic nitrogens is 3. The highest BCUT2D eigenvalue weighted by Gasteiger charge is 2.15. The van der Waals surface area contributed by atoms with Gasteiger partial charge in [0.15, 0.2) is 11.6 Å². The molecule has 0 atom stereocenters. The van der Waals surface area contributed by atoms with Gasteiger partial charge in [0.2, 0.25) is 0 Å². The van der Waals surface area contributed by atoms with Crippen LogP contribution in [-0.2, 0) is 0 Å². The molecule has 3 nitrogen and oxygen atoms in total. The van der Waals surface area contributed by atoms with Crippen molar-refractivity contribution in [2.24, 2.45) is 0 Å². The molecule has 1 heterocycles. The van der Waals surface area contributed by atoms with E-state index in [1.54, 1.807) is 12.1 Å². The summed E-state index contributed by atoms with van der Waals surface area (Å²) in [4.78, 5) is 4.84. The summed E-state index contributed by atoms with van der Waals surface area (Å²) in [5.74, 6) is 1.10. The molecule has 0 spiro atoms. The molecule has 144 valence electrons. The lowest BCUT2D eigenvalue weighted by Gasteiger charge is -2.05. The van der Waals surface area contributed by atoms with Crippen molar-refractivity contribution >= 4 is 0 Å². The van der Waals surface area contributed by atoms with Crippen LogP contribution >= 0.6 is 0 Å². The highest BCUT2D eigenvalue weighted by Crippen LogP contribution is 2.29. The molecule has 0 bridgehead atoms. The number of halogens is 1. The van der Waals surface area contributed by atoms with E-state index in [0.717, 1.165) is 28.2 Å². The van der Waals surface area contributed by atoms with Crippen molar-refractivity contribution in [2.75, 3.05) is 0 Å². The predicted molar refractivity (Wildman–Crippen MR) is 118 cm³/mol. The van der Waals surface area contributed by atoms with E-state index in [1.165, 1.54) is 6.07 Å². The summed E-state index contributed by atoms with van der Waals surface area (Å²) >= 11 is 0. The van der Waals surface area contributed by atoms with Gasteiger partial charge in [-0.1, -0.05) is 84.9 Å². The Balaban J connectivity index is 1.65. The molecule has 4 aromatic carbocycles. The van der Waals surface area contributed by atoms with Gasteiger partial charge in [-0.25, -0.2) is 14.1 Å². The van der Waals surface area contributed by atoms with Gasteiger partial charge in [-0.05, 0) is 29.8 Å². The minimum atomic E-state index is -0.248. The summed E-state index contributed by atoms with van der Waals surface area (Å²) in [6.07, 6.45) is 0. The summed E-state index contributed by atoms with van der Waals surface area (Å²) in [7, 11) is 0. The largest absolute Gasteiger partial charge is 0.213 e. The Hall–Kier alpha value is -4.05. The number of para-hydroxylation sites is 1. The van der Waals surface area contributed by atoms with Gasteiger partial charge in [0.05, 0.1) is 5.69 Å². The molecule has 0 saturated heterocycles. The van der Waals surface area contributed by atoms with Crippen molar-refractivity contribution in [2.45, 2.75) is 0 Å². The summed E-state index contributed by atoms with van der Waals surface area (Å²) in [6, 6.07) is 34.4. The second-order valence-corrected chi connectivity index (χ2v) is 6.93. The van der Waals surface area contributed by atoms with E-state index in [-0.39, 0.29) is 5.82 Å². The predicted octanol–water partition coefficient (Wildman–Crippen LogP) is 6.41. The number of rotatable bonds is 4. The van der Waals surface area contributed by atoms with Crippen molar-refractivity contribution in [3.8, 4) is 39.6 Å². The van der Waals surface area contributed by atoms with E-state index >= 15 is 0 Å². The van der Waals surface area contributed by atoms with Crippen molar-refractivity contribution in [3.05, 3.63) is 115 Å². The molecular formula is C26H18FN3. The fraction of sp³-hybridized carbons (Fsp3) is 0. The van der Waals surface area contributed by atoms with Gasteiger partial charge in [0.25, 0.3) is 0 Å². The first-order valence-corrected chi connectivity index (χ1v) is 9.73. The molecule has 0 unspecified atom stereocenters. The third kappa shape index (κ3) is 3.40. The normalized spacial score (nSPS) is 10.8. The van der Waals surface area contributed by atoms with Crippen molar-refractivity contribution in [3.63, 3.8) is 0 Å². The molecule has 5 aromatic rings. The van der Waals surface area contributed by atoms with E-state index in [2.05, 4.69) is 0 Å². The van der Waals surface area contributed by atoms with Gasteiger partial charge in [-0.15, -0.1) is 5.10 Å². The maximum atomic E-state index is 14.3. The number of hydrogen-bond donors (Lipinski definition) is 0. The van der Waals surface area contributed by atoms with Crippen LogP contribution in [0.5, 0.6) is 0 Å². The minimum absolute atomic E-state index is 0.248. The lowest BCUT2D eigenvalue weighted by Crippen LogP contribution is -1.99. The van der Waals surface area contributed by atoms with Gasteiger partial charge in [-0.3, -0.25) is 0 Å². The van der Waals surface area contributed by atoms with E-state index in [0.29, 0.717) is 11.4 Å². The summed E-state index contributed by atoms with van der Waals surface area (Å²) in [5.41, 5.74) is 4.10. The van der Waals surface area contributed by atoms with Crippen LogP contribution in [0.15, 0.2) is 109 Å². The average molecular weight is 391 g/mol. The first-order valence-electron chi connectivity index (χ1n) is 9.73. The summed E-state index contributed by atoms with van der Waals surface area (Å²) < 4.78 is 16.1. The van der Waals surface area contributed by atoms with E-state index in [1.807, 2.05) is 95.7 Å². The van der Waals surface area contributed by atoms with E-state index in [4.69, 9.17) is 10.1 Å². The Bertz CT molecular complexity index is 1240. The molecule has 5 rings (SSSR count). The molecule has 0 amide bonds. The fourth-order valence-corrected chi connectivity index (χ4v) is 3.48. The number of benzene rings is 4. The highest BCUT2D eigenvalue weighted by molar-refractivity contribution is 5.72. The molecule has 0 aliphatic carbocycles. The monoisotopic (exact) mass is 391 g/mol. The lowest BCUT2D eigenvalue weighted by atomic mass is 10.0. The van der Waals surface area contributed by atoms with Crippen molar-refractivity contribution < 1.29 is 4.39 Å². The standard InChI is InChI=1S/C26H18FN3/c27-24-17-8-7-16-23(24)20-12-9-13-21(18-20)25-28-26(19-10-3-1-4-11-19)30(29-25)22-14-5-2-6-15-22/h1-18H. The SMILES string of the molecule is Fc1ccccc1-c1cccc(-c2nc(-c3ccccc3)n(-c3ccccc3)n2)c1. The minimum Gasteiger partial charge on any atom is -0.213 e. The zero-order valence-corrected chi connectivity index (χ0v) is 16.1. The topological polar surface area (TPSA) is 30.7 Å². The van der Waals surface area contributed by atoms with Gasteiger partial charge < -0.3 is 0 Å². The van der Waals surface area contributed by atoms with Crippen LogP contribution in [-0.4, -0.2) is 14.8 Å². The van der Waals surface area contributed by atoms with Crippen LogP contribution in [0.4, 0.5) is 4.39 Å². The van der Waals surface area contributed by atoms with Gasteiger partial charge in [-0.2, -0.15) is 0 Å². The number of nitrogens with zero attached hydrogens (tertiary/aromatic N) is 3. The molecule has 30 heavy (non-hydrogen) atoms. The van der Waals surface area contributed by atoms with Gasteiger partial charge in [0.1, 0.15) is 5.82 Å². The third-order valence-corrected chi connectivity index (χ3v) is 4.95. The third-order valence-electron chi connectivity index (χ3n) is 4.95. The van der Waals surface area contributed by atoms with Crippen LogP contribution in [0.3, 0.4) is 0 Å². The maximum Gasteiger partial charge on any atom is 0.182 e. The van der Waals surface area contributed by atoms with Crippen LogP contribution < -0.4 is 0 Å². The Labute approximate surface area is 174 Å². The maximum absolute atomic E-state index is 14.3. The Kier molecular flexibility index (Phi) is 4.66. The first kappa shape index (κ1) is 18.0. The molecule has 0 fully saturated rings. The Morgan fingerprint density at radius 3 is 2.00 bits per heavy atom. The molecule has 0 aliphatic rings. The summed E-state index contributed by atoms with van der Waals surface area (Å²) in [6.45, 7) is 0. The highest BCUT2D eigenvalue weighted by atomic mass is 19.1. The second-order valence-electron chi connectivity index (χ2n) is 6.93. The zero-order valence-electron chi connectivity index (χ0n) is 16.1. The van der Waals surface area contributed by atoms with Crippen molar-refractivity contribution in [1.82, 2.24) is 14.8 Å². The van der Waals surface area contributed by atoms with Gasteiger partial charge >= 0.3 is 0 Å². The smallest absolute Gasteiger partial charge is 0.182 e. The van der Waals surface area contributed by atoms with Gasteiger partial charge in [0, 0.05) is 16.7 Å². The molecule has 0 N–H and O–H groups in total. The first-order chi connectivity index (χ1) is 14.8. The Morgan fingerprint density at radius 2 is 1.23 bits per heavy atom. The molecule has 0 radical (unpaired) electrons. The molecule has 0 aliphatic heterocycles. The molecule has 1 aromatic heterocycles.